The number of rotatable bonds is 3. The Balaban J connectivity index is 1.63. The van der Waals surface area contributed by atoms with Crippen LogP contribution in [0.3, 0.4) is 0 Å². The fourth-order valence-electron chi connectivity index (χ4n) is 4.55. The zero-order valence-electron chi connectivity index (χ0n) is 16.2. The number of esters is 1. The molecule has 2 fully saturated rings. The highest BCUT2D eigenvalue weighted by Crippen LogP contribution is 2.36. The molecule has 2 nitrogen and oxygen atoms in total. The summed E-state index contributed by atoms with van der Waals surface area (Å²) in [7, 11) is 0. The standard InChI is InChI=1S/C23H34O2/c1-16-5-4-6-21(13-9-16)25-23(24)22-14-12-20(15-18(22)3)19-10-7-17(2)8-11-19/h12,14-17,19,21H,4-11,13H2,1-3H3. The van der Waals surface area contributed by atoms with Crippen molar-refractivity contribution in [1.29, 1.82) is 0 Å². The van der Waals surface area contributed by atoms with Crippen molar-refractivity contribution in [3.63, 3.8) is 0 Å². The summed E-state index contributed by atoms with van der Waals surface area (Å²) in [5.74, 6) is 2.18. The van der Waals surface area contributed by atoms with E-state index in [9.17, 15) is 4.79 Å². The Morgan fingerprint density at radius 3 is 2.32 bits per heavy atom. The van der Waals surface area contributed by atoms with Crippen LogP contribution in [0.5, 0.6) is 0 Å². The first-order valence-electron chi connectivity index (χ1n) is 10.3. The Morgan fingerprint density at radius 1 is 0.920 bits per heavy atom. The third-order valence-corrected chi connectivity index (χ3v) is 6.44. The maximum atomic E-state index is 12.6. The third-order valence-electron chi connectivity index (χ3n) is 6.44. The van der Waals surface area contributed by atoms with E-state index in [1.165, 1.54) is 50.5 Å². The summed E-state index contributed by atoms with van der Waals surface area (Å²) in [6.07, 6.45) is 11.0. The highest BCUT2D eigenvalue weighted by molar-refractivity contribution is 5.91. The zero-order chi connectivity index (χ0) is 17.8. The van der Waals surface area contributed by atoms with E-state index in [4.69, 9.17) is 4.74 Å². The predicted octanol–water partition coefficient (Wildman–Crippen LogP) is 6.41. The fourth-order valence-corrected chi connectivity index (χ4v) is 4.55. The monoisotopic (exact) mass is 342 g/mol. The first-order chi connectivity index (χ1) is 12.0. The molecule has 0 N–H and O–H groups in total. The second-order valence-electron chi connectivity index (χ2n) is 8.67. The van der Waals surface area contributed by atoms with E-state index in [-0.39, 0.29) is 12.1 Å². The van der Waals surface area contributed by atoms with Gasteiger partial charge in [0.2, 0.25) is 0 Å². The van der Waals surface area contributed by atoms with Crippen molar-refractivity contribution in [1.82, 2.24) is 0 Å². The molecule has 0 heterocycles. The fraction of sp³-hybridized carbons (Fsp3) is 0.696. The van der Waals surface area contributed by atoms with Gasteiger partial charge in [0.05, 0.1) is 5.56 Å². The van der Waals surface area contributed by atoms with Gasteiger partial charge >= 0.3 is 5.97 Å². The highest BCUT2D eigenvalue weighted by atomic mass is 16.5. The van der Waals surface area contributed by atoms with Crippen LogP contribution in [0.25, 0.3) is 0 Å². The van der Waals surface area contributed by atoms with Gasteiger partial charge < -0.3 is 4.74 Å². The van der Waals surface area contributed by atoms with E-state index in [0.717, 1.165) is 35.8 Å². The van der Waals surface area contributed by atoms with Crippen molar-refractivity contribution < 1.29 is 9.53 Å². The number of hydrogen-bond donors (Lipinski definition) is 0. The first kappa shape index (κ1) is 18.5. The highest BCUT2D eigenvalue weighted by Gasteiger charge is 2.23. The van der Waals surface area contributed by atoms with E-state index in [1.807, 2.05) is 6.07 Å². The van der Waals surface area contributed by atoms with Crippen LogP contribution >= 0.6 is 0 Å². The van der Waals surface area contributed by atoms with Crippen LogP contribution in [-0.2, 0) is 4.74 Å². The minimum atomic E-state index is -0.124. The Bertz CT molecular complexity index is 584. The summed E-state index contributed by atoms with van der Waals surface area (Å²) in [6.45, 7) is 6.72. The van der Waals surface area contributed by atoms with Crippen molar-refractivity contribution in [2.24, 2.45) is 11.8 Å². The molecule has 0 aliphatic heterocycles. The van der Waals surface area contributed by atoms with E-state index < -0.39 is 0 Å². The van der Waals surface area contributed by atoms with Crippen molar-refractivity contribution in [2.75, 3.05) is 0 Å². The smallest absolute Gasteiger partial charge is 0.338 e. The summed E-state index contributed by atoms with van der Waals surface area (Å²) in [5, 5.41) is 0. The van der Waals surface area contributed by atoms with Gasteiger partial charge in [-0.25, -0.2) is 4.79 Å². The van der Waals surface area contributed by atoms with Crippen molar-refractivity contribution >= 4 is 5.97 Å². The average molecular weight is 343 g/mol. The van der Waals surface area contributed by atoms with E-state index in [0.29, 0.717) is 5.92 Å². The topological polar surface area (TPSA) is 26.3 Å². The molecule has 0 aromatic heterocycles. The summed E-state index contributed by atoms with van der Waals surface area (Å²) in [6, 6.07) is 6.40. The zero-order valence-corrected chi connectivity index (χ0v) is 16.2. The van der Waals surface area contributed by atoms with E-state index >= 15 is 0 Å². The molecule has 0 spiro atoms. The molecule has 1 aromatic carbocycles. The van der Waals surface area contributed by atoms with E-state index in [2.05, 4.69) is 32.9 Å². The van der Waals surface area contributed by atoms with Gasteiger partial charge in [-0.05, 0) is 80.4 Å². The van der Waals surface area contributed by atoms with Gasteiger partial charge in [-0.2, -0.15) is 0 Å². The Hall–Kier alpha value is -1.31. The van der Waals surface area contributed by atoms with Gasteiger partial charge in [0.15, 0.2) is 0 Å². The summed E-state index contributed by atoms with van der Waals surface area (Å²) in [4.78, 5) is 12.6. The van der Waals surface area contributed by atoms with Crippen molar-refractivity contribution in [3.05, 3.63) is 34.9 Å². The molecule has 2 heteroatoms. The molecule has 2 aliphatic rings. The molecular formula is C23H34O2. The number of carbonyl (C=O) groups is 1. The van der Waals surface area contributed by atoms with Gasteiger partial charge in [0, 0.05) is 0 Å². The molecule has 0 saturated heterocycles. The molecule has 0 radical (unpaired) electrons. The third kappa shape index (κ3) is 4.86. The lowest BCUT2D eigenvalue weighted by Gasteiger charge is -2.27. The summed E-state index contributed by atoms with van der Waals surface area (Å²) >= 11 is 0. The second-order valence-corrected chi connectivity index (χ2v) is 8.67. The number of aryl methyl sites for hydroxylation is 1. The van der Waals surface area contributed by atoms with Crippen LogP contribution in [0, 0.1) is 18.8 Å². The lowest BCUT2D eigenvalue weighted by Crippen LogP contribution is -2.18. The molecule has 2 unspecified atom stereocenters. The summed E-state index contributed by atoms with van der Waals surface area (Å²) < 4.78 is 5.85. The predicted molar refractivity (Wildman–Crippen MR) is 103 cm³/mol. The molecule has 2 saturated carbocycles. The molecule has 2 atom stereocenters. The quantitative estimate of drug-likeness (QED) is 0.468. The minimum absolute atomic E-state index is 0.108. The first-order valence-corrected chi connectivity index (χ1v) is 10.3. The van der Waals surface area contributed by atoms with Crippen LogP contribution in [0.1, 0.15) is 99.0 Å². The molecule has 0 amide bonds. The molecule has 2 aliphatic carbocycles. The molecule has 25 heavy (non-hydrogen) atoms. The van der Waals surface area contributed by atoms with Gasteiger partial charge in [-0.15, -0.1) is 0 Å². The molecule has 138 valence electrons. The van der Waals surface area contributed by atoms with Crippen LogP contribution in [-0.4, -0.2) is 12.1 Å². The second kappa shape index (κ2) is 8.38. The lowest BCUT2D eigenvalue weighted by molar-refractivity contribution is 0.0264. The largest absolute Gasteiger partial charge is 0.459 e. The normalized spacial score (nSPS) is 30.5. The van der Waals surface area contributed by atoms with Gasteiger partial charge in [0.25, 0.3) is 0 Å². The number of benzene rings is 1. The summed E-state index contributed by atoms with van der Waals surface area (Å²) in [5.41, 5.74) is 3.23. The van der Waals surface area contributed by atoms with Gasteiger partial charge in [-0.1, -0.05) is 45.2 Å². The van der Waals surface area contributed by atoms with Crippen molar-refractivity contribution in [2.45, 2.75) is 90.6 Å². The number of carbonyl (C=O) groups excluding carboxylic acids is 1. The van der Waals surface area contributed by atoms with Crippen LogP contribution in [0.4, 0.5) is 0 Å². The molecule has 0 bridgehead atoms. The number of hydrogen-bond acceptors (Lipinski definition) is 2. The lowest BCUT2D eigenvalue weighted by atomic mass is 9.79. The maximum Gasteiger partial charge on any atom is 0.338 e. The van der Waals surface area contributed by atoms with Crippen molar-refractivity contribution in [3.8, 4) is 0 Å². The Labute approximate surface area is 153 Å². The van der Waals surface area contributed by atoms with Crippen LogP contribution in [0.2, 0.25) is 0 Å². The van der Waals surface area contributed by atoms with Crippen LogP contribution in [0.15, 0.2) is 18.2 Å². The number of ether oxygens (including phenoxy) is 1. The SMILES string of the molecule is Cc1cc(C2CCC(C)CC2)ccc1C(=O)OC1CCCC(C)CC1. The Kier molecular flexibility index (Phi) is 6.19. The van der Waals surface area contributed by atoms with Gasteiger partial charge in [-0.3, -0.25) is 0 Å². The minimum Gasteiger partial charge on any atom is -0.459 e. The Morgan fingerprint density at radius 2 is 1.60 bits per heavy atom. The molecular weight excluding hydrogens is 308 g/mol. The average Bonchev–Trinajstić information content (AvgIpc) is 2.80. The van der Waals surface area contributed by atoms with Gasteiger partial charge in [0.1, 0.15) is 6.10 Å². The van der Waals surface area contributed by atoms with E-state index in [1.54, 1.807) is 0 Å². The maximum absolute atomic E-state index is 12.6. The van der Waals surface area contributed by atoms with Crippen LogP contribution < -0.4 is 0 Å². The molecule has 3 rings (SSSR count). The molecule has 1 aromatic rings.